The standard InChI is InChI=1S/C25H18N4O5S/c1-14-4-2-7-17(10-14)33-13-21-28-29-22(26)19(23(30)27-25(29)35-21)12-18-8-9-20(34-18)15-5-3-6-16(11-15)24(31)32/h2-12,26H,13H2,1H3,(H,31,32). The lowest BCUT2D eigenvalue weighted by atomic mass is 10.1. The van der Waals surface area contributed by atoms with Gasteiger partial charge in [0, 0.05) is 5.56 Å². The highest BCUT2D eigenvalue weighted by atomic mass is 32.2. The van der Waals surface area contributed by atoms with E-state index < -0.39 is 11.9 Å². The number of hydrogen-bond donors (Lipinski definition) is 2. The number of rotatable bonds is 6. The van der Waals surface area contributed by atoms with Crippen molar-refractivity contribution in [1.29, 1.82) is 5.41 Å². The summed E-state index contributed by atoms with van der Waals surface area (Å²) < 4.78 is 11.6. The molecule has 3 aromatic rings. The van der Waals surface area contributed by atoms with Crippen LogP contribution in [0.3, 0.4) is 0 Å². The van der Waals surface area contributed by atoms with Crippen molar-refractivity contribution in [3.8, 4) is 17.1 Å². The fourth-order valence-corrected chi connectivity index (χ4v) is 4.27. The second-order valence-electron chi connectivity index (χ2n) is 7.71. The minimum atomic E-state index is -1.04. The fraction of sp³-hybridized carbons (Fsp3) is 0.0800. The fourth-order valence-electron chi connectivity index (χ4n) is 3.47. The monoisotopic (exact) mass is 486 g/mol. The number of aliphatic imine (C=N–C) groups is 1. The first-order valence-electron chi connectivity index (χ1n) is 10.5. The van der Waals surface area contributed by atoms with Gasteiger partial charge in [0.15, 0.2) is 5.84 Å². The van der Waals surface area contributed by atoms with Crippen LogP contribution in [0.15, 0.2) is 80.7 Å². The number of hydrogen-bond acceptors (Lipinski definition) is 7. The number of furan rings is 1. The first-order chi connectivity index (χ1) is 16.9. The van der Waals surface area contributed by atoms with Gasteiger partial charge in [0.25, 0.3) is 5.91 Å². The maximum absolute atomic E-state index is 12.6. The SMILES string of the molecule is Cc1cccc(OCC2=NN3C(=N)C(=Cc4ccc(-c5cccc(C(=O)O)c5)o4)C(=O)N=C3S2)c1. The first kappa shape index (κ1) is 22.4. The van der Waals surface area contributed by atoms with Gasteiger partial charge in [-0.2, -0.15) is 15.1 Å². The van der Waals surface area contributed by atoms with E-state index in [1.54, 1.807) is 24.3 Å². The van der Waals surface area contributed by atoms with Gasteiger partial charge in [0.1, 0.15) is 28.9 Å². The number of hydrazone groups is 1. The average molecular weight is 487 g/mol. The molecule has 2 aliphatic heterocycles. The largest absolute Gasteiger partial charge is 0.487 e. The molecule has 0 unspecified atom stereocenters. The lowest BCUT2D eigenvalue weighted by Crippen LogP contribution is -2.35. The second-order valence-corrected chi connectivity index (χ2v) is 8.75. The van der Waals surface area contributed by atoms with Crippen molar-refractivity contribution in [2.24, 2.45) is 10.1 Å². The highest BCUT2D eigenvalue weighted by molar-refractivity contribution is 8.27. The third-order valence-corrected chi connectivity index (χ3v) is 6.04. The quantitative estimate of drug-likeness (QED) is 0.485. The van der Waals surface area contributed by atoms with Crippen LogP contribution >= 0.6 is 11.8 Å². The smallest absolute Gasteiger partial charge is 0.335 e. The predicted molar refractivity (Wildman–Crippen MR) is 133 cm³/mol. The Labute approximate surface area is 203 Å². The molecular weight excluding hydrogens is 468 g/mol. The summed E-state index contributed by atoms with van der Waals surface area (Å²) in [6.45, 7) is 2.15. The van der Waals surface area contributed by atoms with Crippen molar-refractivity contribution in [3.05, 3.63) is 83.1 Å². The molecule has 0 radical (unpaired) electrons. The molecule has 0 saturated heterocycles. The van der Waals surface area contributed by atoms with Gasteiger partial charge in [-0.3, -0.25) is 10.2 Å². The van der Waals surface area contributed by atoms with E-state index in [0.29, 0.717) is 33.0 Å². The summed E-state index contributed by atoms with van der Waals surface area (Å²) in [4.78, 5) is 27.9. The number of carbonyl (C=O) groups excluding carboxylic acids is 1. The number of carboxylic acids is 1. The average Bonchev–Trinajstić information content (AvgIpc) is 3.48. The predicted octanol–water partition coefficient (Wildman–Crippen LogP) is 4.65. The van der Waals surface area contributed by atoms with Gasteiger partial charge in [0.2, 0.25) is 5.17 Å². The molecule has 3 heterocycles. The van der Waals surface area contributed by atoms with E-state index in [1.165, 1.54) is 35.0 Å². The minimum absolute atomic E-state index is 0.0270. The number of amidine groups is 2. The highest BCUT2D eigenvalue weighted by Gasteiger charge is 2.36. The molecule has 1 amide bonds. The molecule has 0 saturated carbocycles. The summed E-state index contributed by atoms with van der Waals surface area (Å²) in [5.74, 6) is -0.271. The minimum Gasteiger partial charge on any atom is -0.487 e. The second kappa shape index (κ2) is 9.07. The third-order valence-electron chi connectivity index (χ3n) is 5.16. The van der Waals surface area contributed by atoms with Crippen molar-refractivity contribution in [2.45, 2.75) is 6.92 Å². The Morgan fingerprint density at radius 2 is 2.03 bits per heavy atom. The number of aromatic carboxylic acids is 1. The van der Waals surface area contributed by atoms with Crippen LogP contribution in [0.25, 0.3) is 17.4 Å². The van der Waals surface area contributed by atoms with E-state index in [-0.39, 0.29) is 23.6 Å². The summed E-state index contributed by atoms with van der Waals surface area (Å²) in [5.41, 5.74) is 1.82. The van der Waals surface area contributed by atoms with Crippen LogP contribution in [0.4, 0.5) is 0 Å². The topological polar surface area (TPSA) is 129 Å². The number of ether oxygens (including phenoxy) is 1. The molecule has 0 spiro atoms. The lowest BCUT2D eigenvalue weighted by molar-refractivity contribution is -0.114. The summed E-state index contributed by atoms with van der Waals surface area (Å²) in [6.07, 6.45) is 1.43. The van der Waals surface area contributed by atoms with Crippen LogP contribution in [0.1, 0.15) is 21.7 Å². The highest BCUT2D eigenvalue weighted by Crippen LogP contribution is 2.30. The van der Waals surface area contributed by atoms with Gasteiger partial charge in [0.05, 0.1) is 11.1 Å². The normalized spacial score (nSPS) is 16.3. The van der Waals surface area contributed by atoms with E-state index in [2.05, 4.69) is 10.1 Å². The number of carbonyl (C=O) groups is 2. The lowest BCUT2D eigenvalue weighted by Gasteiger charge is -2.19. The molecule has 9 nitrogen and oxygen atoms in total. The Kier molecular flexibility index (Phi) is 5.79. The molecule has 2 N–H and O–H groups in total. The van der Waals surface area contributed by atoms with E-state index in [0.717, 1.165) is 5.56 Å². The Balaban J connectivity index is 1.34. The van der Waals surface area contributed by atoms with E-state index >= 15 is 0 Å². The first-order valence-corrected chi connectivity index (χ1v) is 11.3. The van der Waals surface area contributed by atoms with Gasteiger partial charge in [-0.1, -0.05) is 24.3 Å². The van der Waals surface area contributed by atoms with Crippen LogP contribution in [-0.2, 0) is 4.79 Å². The number of fused-ring (bicyclic) bond motifs is 1. The molecule has 1 aromatic heterocycles. The van der Waals surface area contributed by atoms with Crippen molar-refractivity contribution in [2.75, 3.05) is 6.61 Å². The zero-order valence-electron chi connectivity index (χ0n) is 18.4. The molecule has 10 heteroatoms. The van der Waals surface area contributed by atoms with Crippen LogP contribution in [0, 0.1) is 12.3 Å². The zero-order valence-corrected chi connectivity index (χ0v) is 19.2. The Bertz CT molecular complexity index is 1470. The van der Waals surface area contributed by atoms with Crippen LogP contribution in [0.5, 0.6) is 5.75 Å². The number of thioether (sulfide) groups is 1. The molecule has 2 aromatic carbocycles. The van der Waals surface area contributed by atoms with Gasteiger partial charge in [-0.25, -0.2) is 4.79 Å². The molecule has 0 bridgehead atoms. The van der Waals surface area contributed by atoms with Gasteiger partial charge in [-0.15, -0.1) is 0 Å². The molecule has 5 rings (SSSR count). The van der Waals surface area contributed by atoms with Crippen molar-refractivity contribution >= 4 is 45.8 Å². The summed E-state index contributed by atoms with van der Waals surface area (Å²) >= 11 is 1.18. The molecule has 174 valence electrons. The van der Waals surface area contributed by atoms with E-state index in [9.17, 15) is 14.7 Å². The summed E-state index contributed by atoms with van der Waals surface area (Å²) in [7, 11) is 0. The van der Waals surface area contributed by atoms with Crippen molar-refractivity contribution < 1.29 is 23.8 Å². The van der Waals surface area contributed by atoms with Crippen LogP contribution in [-0.4, -0.2) is 44.6 Å². The third kappa shape index (κ3) is 4.64. The van der Waals surface area contributed by atoms with Gasteiger partial charge < -0.3 is 14.3 Å². The van der Waals surface area contributed by atoms with E-state index in [1.807, 2.05) is 31.2 Å². The van der Waals surface area contributed by atoms with Crippen LogP contribution in [0.2, 0.25) is 0 Å². The molecule has 0 fully saturated rings. The number of nitrogens with zero attached hydrogens (tertiary/aromatic N) is 3. The van der Waals surface area contributed by atoms with Crippen molar-refractivity contribution in [3.63, 3.8) is 0 Å². The number of aryl methyl sites for hydroxylation is 1. The number of amides is 1. The molecule has 0 atom stereocenters. The Morgan fingerprint density at radius 1 is 1.20 bits per heavy atom. The summed E-state index contributed by atoms with van der Waals surface area (Å²) in [5, 5.41) is 24.2. The Hall–Kier alpha value is -4.44. The number of nitrogens with one attached hydrogen (secondary N) is 1. The Morgan fingerprint density at radius 3 is 2.83 bits per heavy atom. The summed E-state index contributed by atoms with van der Waals surface area (Å²) in [6, 6.07) is 17.3. The molecule has 35 heavy (non-hydrogen) atoms. The van der Waals surface area contributed by atoms with E-state index in [4.69, 9.17) is 14.6 Å². The molecule has 0 aliphatic carbocycles. The zero-order chi connectivity index (χ0) is 24.5. The van der Waals surface area contributed by atoms with Gasteiger partial charge in [-0.05, 0) is 66.7 Å². The molecule has 2 aliphatic rings. The van der Waals surface area contributed by atoms with Crippen LogP contribution < -0.4 is 4.74 Å². The number of carboxylic acid groups (broad SMARTS) is 1. The van der Waals surface area contributed by atoms with Crippen molar-refractivity contribution in [1.82, 2.24) is 5.01 Å². The maximum Gasteiger partial charge on any atom is 0.335 e. The maximum atomic E-state index is 12.6. The number of benzene rings is 2. The van der Waals surface area contributed by atoms with Gasteiger partial charge >= 0.3 is 5.97 Å². The molecular formula is C25H18N4O5S.